The Bertz CT molecular complexity index is 428. The zero-order valence-corrected chi connectivity index (χ0v) is 10.7. The Balaban J connectivity index is 2.33. The third kappa shape index (κ3) is 2.88. The first-order chi connectivity index (χ1) is 8.83. The molecule has 4 nitrogen and oxygen atoms in total. The average Bonchev–Trinajstić information content (AvgIpc) is 2.39. The second kappa shape index (κ2) is 6.19. The number of nitrogens with zero attached hydrogens (tertiary/aromatic N) is 2. The summed E-state index contributed by atoms with van der Waals surface area (Å²) in [7, 11) is 1.66. The fourth-order valence-corrected chi connectivity index (χ4v) is 2.10. The highest BCUT2D eigenvalue weighted by Crippen LogP contribution is 2.12. The summed E-state index contributed by atoms with van der Waals surface area (Å²) in [6.07, 6.45) is 3.25. The maximum absolute atomic E-state index is 11.9. The number of hydrogen-bond acceptors (Lipinski definition) is 2. The number of carbonyl (C=O) groups is 1. The van der Waals surface area contributed by atoms with Gasteiger partial charge < -0.3 is 5.32 Å². The fourth-order valence-electron chi connectivity index (χ4n) is 2.10. The van der Waals surface area contributed by atoms with Gasteiger partial charge in [-0.15, -0.1) is 0 Å². The molecule has 1 N–H and O–H groups in total. The fraction of sp³-hybridized carbons (Fsp3) is 0.429. The van der Waals surface area contributed by atoms with Crippen LogP contribution in [0, 0.1) is 0 Å². The van der Waals surface area contributed by atoms with Crippen molar-refractivity contribution < 1.29 is 4.79 Å². The zero-order chi connectivity index (χ0) is 12.8. The number of benzene rings is 1. The lowest BCUT2D eigenvalue weighted by atomic mass is 10.1. The van der Waals surface area contributed by atoms with Crippen LogP contribution in [0.15, 0.2) is 35.3 Å². The molecule has 0 atom stereocenters. The molecule has 1 aromatic rings. The SMILES string of the molecule is CNC(=O)N1CCCCCN=C1c1ccccc1. The molecule has 2 rings (SSSR count). The summed E-state index contributed by atoms with van der Waals surface area (Å²) in [5.74, 6) is 0.787. The van der Waals surface area contributed by atoms with Crippen molar-refractivity contribution in [3.8, 4) is 0 Å². The van der Waals surface area contributed by atoms with E-state index in [9.17, 15) is 4.79 Å². The highest BCUT2D eigenvalue weighted by Gasteiger charge is 2.20. The molecule has 0 spiro atoms. The van der Waals surface area contributed by atoms with Crippen molar-refractivity contribution in [2.75, 3.05) is 20.1 Å². The first kappa shape index (κ1) is 12.6. The molecule has 96 valence electrons. The van der Waals surface area contributed by atoms with Gasteiger partial charge in [0, 0.05) is 25.7 Å². The van der Waals surface area contributed by atoms with Gasteiger partial charge in [0.15, 0.2) is 0 Å². The van der Waals surface area contributed by atoms with Gasteiger partial charge in [-0.05, 0) is 19.3 Å². The van der Waals surface area contributed by atoms with E-state index < -0.39 is 0 Å². The molecule has 0 aromatic heterocycles. The molecule has 1 aliphatic heterocycles. The van der Waals surface area contributed by atoms with E-state index in [-0.39, 0.29) is 6.03 Å². The molecule has 0 radical (unpaired) electrons. The van der Waals surface area contributed by atoms with Crippen LogP contribution in [0.3, 0.4) is 0 Å². The van der Waals surface area contributed by atoms with E-state index in [4.69, 9.17) is 0 Å². The van der Waals surface area contributed by atoms with Crippen LogP contribution in [-0.4, -0.2) is 36.9 Å². The summed E-state index contributed by atoms with van der Waals surface area (Å²) in [5.41, 5.74) is 1.00. The highest BCUT2D eigenvalue weighted by molar-refractivity contribution is 6.07. The lowest BCUT2D eigenvalue weighted by molar-refractivity contribution is 0.221. The molecule has 0 bridgehead atoms. The summed E-state index contributed by atoms with van der Waals surface area (Å²) in [5, 5.41) is 2.69. The van der Waals surface area contributed by atoms with Gasteiger partial charge in [0.25, 0.3) is 0 Å². The Morgan fingerprint density at radius 2 is 2.00 bits per heavy atom. The molecular weight excluding hydrogens is 226 g/mol. The summed E-state index contributed by atoms with van der Waals surface area (Å²) >= 11 is 0. The quantitative estimate of drug-likeness (QED) is 0.810. The Hall–Kier alpha value is -1.84. The molecule has 1 aromatic carbocycles. The minimum atomic E-state index is -0.0838. The summed E-state index contributed by atoms with van der Waals surface area (Å²) < 4.78 is 0. The van der Waals surface area contributed by atoms with Crippen molar-refractivity contribution in [2.24, 2.45) is 4.99 Å². The minimum absolute atomic E-state index is 0.0838. The van der Waals surface area contributed by atoms with Crippen LogP contribution in [0.25, 0.3) is 0 Å². The van der Waals surface area contributed by atoms with Gasteiger partial charge in [-0.1, -0.05) is 30.3 Å². The van der Waals surface area contributed by atoms with Gasteiger partial charge >= 0.3 is 6.03 Å². The number of amidine groups is 1. The number of urea groups is 1. The molecule has 1 aliphatic rings. The molecule has 0 saturated carbocycles. The lowest BCUT2D eigenvalue weighted by Gasteiger charge is -2.25. The van der Waals surface area contributed by atoms with Crippen LogP contribution >= 0.6 is 0 Å². The van der Waals surface area contributed by atoms with Gasteiger partial charge in [0.05, 0.1) is 0 Å². The molecule has 4 heteroatoms. The van der Waals surface area contributed by atoms with Crippen molar-refractivity contribution in [1.82, 2.24) is 10.2 Å². The molecule has 0 unspecified atom stereocenters. The van der Waals surface area contributed by atoms with Crippen LogP contribution in [-0.2, 0) is 0 Å². The lowest BCUT2D eigenvalue weighted by Crippen LogP contribution is -2.44. The van der Waals surface area contributed by atoms with Crippen LogP contribution in [0.1, 0.15) is 24.8 Å². The van der Waals surface area contributed by atoms with E-state index in [0.29, 0.717) is 0 Å². The van der Waals surface area contributed by atoms with Crippen molar-refractivity contribution in [3.05, 3.63) is 35.9 Å². The number of carbonyl (C=O) groups excluding carboxylic acids is 1. The van der Waals surface area contributed by atoms with Crippen molar-refractivity contribution in [3.63, 3.8) is 0 Å². The third-order valence-corrected chi connectivity index (χ3v) is 3.05. The first-order valence-electron chi connectivity index (χ1n) is 6.42. The predicted molar refractivity (Wildman–Crippen MR) is 72.9 cm³/mol. The van der Waals surface area contributed by atoms with Gasteiger partial charge in [0.2, 0.25) is 0 Å². The maximum atomic E-state index is 11.9. The molecule has 0 aliphatic carbocycles. The van der Waals surface area contributed by atoms with Crippen molar-refractivity contribution in [1.29, 1.82) is 0 Å². The van der Waals surface area contributed by atoms with Crippen LogP contribution < -0.4 is 5.32 Å². The highest BCUT2D eigenvalue weighted by atomic mass is 16.2. The van der Waals surface area contributed by atoms with Crippen LogP contribution in [0.2, 0.25) is 0 Å². The van der Waals surface area contributed by atoms with E-state index in [1.54, 1.807) is 11.9 Å². The van der Waals surface area contributed by atoms with Crippen LogP contribution in [0.4, 0.5) is 4.79 Å². The van der Waals surface area contributed by atoms with Gasteiger partial charge in [-0.25, -0.2) is 4.79 Å². The third-order valence-electron chi connectivity index (χ3n) is 3.05. The van der Waals surface area contributed by atoms with Crippen molar-refractivity contribution in [2.45, 2.75) is 19.3 Å². The largest absolute Gasteiger partial charge is 0.341 e. The monoisotopic (exact) mass is 245 g/mol. The first-order valence-corrected chi connectivity index (χ1v) is 6.42. The summed E-state index contributed by atoms with van der Waals surface area (Å²) in [6, 6.07) is 9.82. The van der Waals surface area contributed by atoms with E-state index in [0.717, 1.165) is 43.8 Å². The summed E-state index contributed by atoms with van der Waals surface area (Å²) in [4.78, 5) is 18.3. The van der Waals surface area contributed by atoms with E-state index in [2.05, 4.69) is 10.3 Å². The molecule has 2 amide bonds. The number of amides is 2. The Labute approximate surface area is 108 Å². The maximum Gasteiger partial charge on any atom is 0.322 e. The topological polar surface area (TPSA) is 44.7 Å². The second-order valence-electron chi connectivity index (χ2n) is 4.34. The number of aliphatic imine (C=N–C) groups is 1. The molecule has 18 heavy (non-hydrogen) atoms. The van der Waals surface area contributed by atoms with Gasteiger partial charge in [-0.2, -0.15) is 0 Å². The number of hydrogen-bond donors (Lipinski definition) is 1. The van der Waals surface area contributed by atoms with E-state index in [1.807, 2.05) is 30.3 Å². The normalized spacial score (nSPS) is 16.5. The van der Waals surface area contributed by atoms with Crippen molar-refractivity contribution >= 4 is 11.9 Å². The molecule has 0 saturated heterocycles. The molecule has 1 heterocycles. The number of nitrogens with one attached hydrogen (secondary N) is 1. The standard InChI is InChI=1S/C14H19N3O/c1-15-14(18)17-11-7-3-6-10-16-13(17)12-8-4-2-5-9-12/h2,4-5,8-9H,3,6-7,10-11H2,1H3,(H,15,18). The van der Waals surface area contributed by atoms with Crippen LogP contribution in [0.5, 0.6) is 0 Å². The van der Waals surface area contributed by atoms with Gasteiger partial charge in [-0.3, -0.25) is 9.89 Å². The minimum Gasteiger partial charge on any atom is -0.341 e. The molecule has 0 fully saturated rings. The van der Waals surface area contributed by atoms with Gasteiger partial charge in [0.1, 0.15) is 5.84 Å². The zero-order valence-electron chi connectivity index (χ0n) is 10.7. The predicted octanol–water partition coefficient (Wildman–Crippen LogP) is 2.26. The Morgan fingerprint density at radius 1 is 1.22 bits per heavy atom. The van der Waals surface area contributed by atoms with E-state index in [1.165, 1.54) is 0 Å². The number of rotatable bonds is 1. The second-order valence-corrected chi connectivity index (χ2v) is 4.34. The Kier molecular flexibility index (Phi) is 4.34. The van der Waals surface area contributed by atoms with E-state index >= 15 is 0 Å². The Morgan fingerprint density at radius 3 is 2.72 bits per heavy atom. The smallest absolute Gasteiger partial charge is 0.322 e. The average molecular weight is 245 g/mol. The molecular formula is C14H19N3O. The summed E-state index contributed by atoms with van der Waals surface area (Å²) in [6.45, 7) is 1.52.